The molecular weight excluding hydrogens is 158 g/mol. The second kappa shape index (κ2) is 113. The average Bonchev–Trinajstić information content (AvgIpc) is 1.50. The van der Waals surface area contributed by atoms with Crippen LogP contribution in [0.15, 0.2) is 0 Å². The van der Waals surface area contributed by atoms with Crippen molar-refractivity contribution in [3.05, 3.63) is 0 Å². The number of halogens is 2. The Hall–Kier alpha value is 1.23. The zero-order valence-corrected chi connectivity index (χ0v) is 7.80. The molecule has 0 aliphatic heterocycles. The van der Waals surface area contributed by atoms with Crippen molar-refractivity contribution in [2.75, 3.05) is 0 Å². The first-order valence-corrected chi connectivity index (χ1v) is 3.60. The lowest BCUT2D eigenvalue weighted by Crippen LogP contribution is -0.856. The molecule has 6 heavy (non-hydrogen) atoms. The van der Waals surface area contributed by atoms with Crippen LogP contribution < -0.4 is 0 Å². The summed E-state index contributed by atoms with van der Waals surface area (Å²) in [6.45, 7) is 4.00. The summed E-state index contributed by atoms with van der Waals surface area (Å²) in [6, 6.07) is 0. The third-order valence-corrected chi connectivity index (χ3v) is 0. The van der Waals surface area contributed by atoms with Crippen molar-refractivity contribution in [1.29, 1.82) is 0 Å². The monoisotopic (exact) mass is 168 g/mol. The van der Waals surface area contributed by atoms with Gasteiger partial charge >= 0.3 is 0 Å². The summed E-state index contributed by atoms with van der Waals surface area (Å²) in [5, 5.41) is 0. The van der Waals surface area contributed by atoms with Gasteiger partial charge in [0, 0.05) is 0 Å². The predicted octanol–water partition coefficient (Wildman–Crippen LogP) is 1.93. The molecule has 0 saturated carbocycles. The molecule has 0 amide bonds. The van der Waals surface area contributed by atoms with Crippen LogP contribution in [-0.4, -0.2) is 0 Å². The van der Waals surface area contributed by atoms with Crippen LogP contribution in [0, 0.1) is 0 Å². The second-order valence-corrected chi connectivity index (χ2v) is 0. The summed E-state index contributed by atoms with van der Waals surface area (Å²) in [7, 11) is 1.44. The number of hydrogen-bond donors (Lipinski definition) is 0. The minimum atomic E-state index is 0. The standard InChI is InChI=1S/C2H6.2ClH.H3PS/c1-2;;;1-2/h1-2H3;2*1H;1H3. The molecule has 0 aromatic carbocycles. The zero-order chi connectivity index (χ0) is 4.00. The third kappa shape index (κ3) is 61.9. The van der Waals surface area contributed by atoms with Crippen LogP contribution in [0.5, 0.6) is 0 Å². The normalized spacial score (nSPS) is 2.33. The number of hydrogen-bond acceptors (Lipinski definition) is 1. The molecule has 1 unspecified atom stereocenters. The molecule has 0 radical (unpaired) electrons. The van der Waals surface area contributed by atoms with E-state index in [1.807, 2.05) is 13.8 Å². The van der Waals surface area contributed by atoms with Gasteiger partial charge in [-0.15, -0.1) is 36.6 Å². The predicted molar refractivity (Wildman–Crippen MR) is 44.3 cm³/mol. The first-order valence-electron chi connectivity index (χ1n) is 1.29. The summed E-state index contributed by atoms with van der Waals surface area (Å²) in [4.78, 5) is 0. The Bertz CT molecular complexity index is 11.5. The van der Waals surface area contributed by atoms with Crippen molar-refractivity contribution in [3.8, 4) is 0 Å². The highest BCUT2D eigenvalue weighted by molar-refractivity contribution is 7.88. The van der Waals surface area contributed by atoms with Gasteiger partial charge in [-0.25, -0.2) is 0 Å². The molecule has 44 valence electrons. The molecule has 0 nitrogen and oxygen atoms in total. The molecule has 0 fully saturated rings. The third-order valence-electron chi connectivity index (χ3n) is 0. The van der Waals surface area contributed by atoms with E-state index < -0.39 is 0 Å². The second-order valence-electron chi connectivity index (χ2n) is 0. The van der Waals surface area contributed by atoms with E-state index in [4.69, 9.17) is 0 Å². The van der Waals surface area contributed by atoms with Crippen molar-refractivity contribution in [3.63, 3.8) is 0 Å². The highest BCUT2D eigenvalue weighted by Gasteiger charge is 0.932. The molecule has 0 aromatic rings. The molecule has 0 aliphatic rings. The lowest BCUT2D eigenvalue weighted by molar-refractivity contribution is 1.50. The van der Waals surface area contributed by atoms with E-state index in [-0.39, 0.29) is 24.8 Å². The zero-order valence-electron chi connectivity index (χ0n) is 3.93. The van der Waals surface area contributed by atoms with Gasteiger partial charge in [-0.05, 0) is 0 Å². The molecule has 0 N–H and O–H groups in total. The van der Waals surface area contributed by atoms with Crippen LogP contribution in [0.2, 0.25) is 0 Å². The molecular formula is C2H11Cl2PS. The highest BCUT2D eigenvalue weighted by atomic mass is 35.5. The van der Waals surface area contributed by atoms with Gasteiger partial charge in [-0.2, -0.15) is 0 Å². The molecule has 0 spiro atoms. The summed E-state index contributed by atoms with van der Waals surface area (Å²) in [6.07, 6.45) is 0. The fourth-order valence-electron chi connectivity index (χ4n) is 0. The number of rotatable bonds is 0. The Labute approximate surface area is 58.8 Å². The van der Waals surface area contributed by atoms with Crippen LogP contribution in [0.25, 0.3) is 0 Å². The van der Waals surface area contributed by atoms with E-state index in [1.54, 1.807) is 0 Å². The maximum atomic E-state index is 4.11. The maximum Gasteiger partial charge on any atom is -0.0683 e. The van der Waals surface area contributed by atoms with Crippen LogP contribution in [-0.2, 0) is 11.8 Å². The van der Waals surface area contributed by atoms with Crippen molar-refractivity contribution in [2.24, 2.45) is 0 Å². The Balaban J connectivity index is -0.00000000500. The van der Waals surface area contributed by atoms with Gasteiger partial charge in [-0.1, -0.05) is 21.9 Å². The largest absolute Gasteiger partial charge is 0.147 e. The summed E-state index contributed by atoms with van der Waals surface area (Å²) in [5.41, 5.74) is 0. The highest BCUT2D eigenvalue weighted by Crippen LogP contribution is 1.26. The quantitative estimate of drug-likeness (QED) is 0.499. The molecule has 1 atom stereocenters. The van der Waals surface area contributed by atoms with Crippen LogP contribution in [0.4, 0.5) is 0 Å². The van der Waals surface area contributed by atoms with E-state index in [0.29, 0.717) is 0 Å². The fraction of sp³-hybridized carbons (Fsp3) is 1.00. The van der Waals surface area contributed by atoms with E-state index in [9.17, 15) is 0 Å². The molecule has 0 saturated heterocycles. The van der Waals surface area contributed by atoms with Crippen LogP contribution in [0.3, 0.4) is 0 Å². The Morgan fingerprint density at radius 3 is 1.00 bits per heavy atom. The smallest absolute Gasteiger partial charge is 0.0683 e. The van der Waals surface area contributed by atoms with Gasteiger partial charge in [0.1, 0.15) is 0 Å². The van der Waals surface area contributed by atoms with E-state index >= 15 is 0 Å². The van der Waals surface area contributed by atoms with Crippen LogP contribution >= 0.6 is 32.8 Å². The molecule has 0 heterocycles. The van der Waals surface area contributed by atoms with Crippen molar-refractivity contribution in [1.82, 2.24) is 0 Å². The SMILES string of the molecule is CC.Cl.Cl.[PH3]=S. The van der Waals surface area contributed by atoms with Gasteiger partial charge < -0.3 is 0 Å². The van der Waals surface area contributed by atoms with Gasteiger partial charge in [0.2, 0.25) is 0 Å². The van der Waals surface area contributed by atoms with Gasteiger partial charge in [0.15, 0.2) is 0 Å². The van der Waals surface area contributed by atoms with Crippen molar-refractivity contribution in [2.45, 2.75) is 13.8 Å². The summed E-state index contributed by atoms with van der Waals surface area (Å²) >= 11 is 4.11. The molecule has 0 bridgehead atoms. The first-order chi connectivity index (χ1) is 2.00. The molecule has 0 aromatic heterocycles. The van der Waals surface area contributed by atoms with Gasteiger partial charge in [0.05, 0.1) is 0 Å². The molecule has 0 rings (SSSR count). The van der Waals surface area contributed by atoms with Crippen molar-refractivity contribution < 1.29 is 0 Å². The van der Waals surface area contributed by atoms with Gasteiger partial charge in [-0.3, -0.25) is 0 Å². The summed E-state index contributed by atoms with van der Waals surface area (Å²) < 4.78 is 0. The van der Waals surface area contributed by atoms with Crippen LogP contribution in [0.1, 0.15) is 13.8 Å². The molecule has 4 heteroatoms. The maximum absolute atomic E-state index is 4.11. The topological polar surface area (TPSA) is 0 Å². The van der Waals surface area contributed by atoms with E-state index in [2.05, 4.69) is 11.8 Å². The lowest BCUT2D eigenvalue weighted by Gasteiger charge is -1.07. The van der Waals surface area contributed by atoms with E-state index in [0.717, 1.165) is 0 Å². The average molecular weight is 169 g/mol. The van der Waals surface area contributed by atoms with Gasteiger partial charge in [0.25, 0.3) is 0 Å². The summed E-state index contributed by atoms with van der Waals surface area (Å²) in [5.74, 6) is 0. The minimum absolute atomic E-state index is 0. The molecule has 0 aliphatic carbocycles. The van der Waals surface area contributed by atoms with E-state index in [1.165, 1.54) is 8.02 Å². The minimum Gasteiger partial charge on any atom is -0.147 e. The Morgan fingerprint density at radius 2 is 1.00 bits per heavy atom. The fourth-order valence-corrected chi connectivity index (χ4v) is 0. The van der Waals surface area contributed by atoms with Crippen molar-refractivity contribution >= 4 is 44.6 Å². The Kier molecular flexibility index (Phi) is 505. The first kappa shape index (κ1) is 26.9. The Morgan fingerprint density at radius 1 is 1.00 bits per heavy atom. The lowest BCUT2D eigenvalue weighted by atomic mass is 11.0.